The van der Waals surface area contributed by atoms with E-state index in [0.717, 1.165) is 5.56 Å². The number of carboxylic acid groups (broad SMARTS) is 1. The quantitative estimate of drug-likeness (QED) is 0.819. The summed E-state index contributed by atoms with van der Waals surface area (Å²) in [6, 6.07) is 4.91. The third-order valence-corrected chi connectivity index (χ3v) is 2.98. The molecule has 0 heterocycles. The molecule has 0 aromatic heterocycles. The highest BCUT2D eigenvalue weighted by molar-refractivity contribution is 14.1. The van der Waals surface area contributed by atoms with Crippen molar-refractivity contribution in [2.75, 3.05) is 0 Å². The SMILES string of the molecule is CC(=O)Cc1ccc(C(O)C(=O)O)c(I)c1. The molecule has 1 unspecified atom stereocenters. The largest absolute Gasteiger partial charge is 0.479 e. The molecular formula is C11H11IO4. The Labute approximate surface area is 106 Å². The van der Waals surface area contributed by atoms with Crippen molar-refractivity contribution in [3.05, 3.63) is 32.9 Å². The van der Waals surface area contributed by atoms with Crippen LogP contribution in [0.15, 0.2) is 18.2 Å². The highest BCUT2D eigenvalue weighted by Gasteiger charge is 2.18. The molecule has 86 valence electrons. The zero-order chi connectivity index (χ0) is 12.3. The molecule has 2 N–H and O–H groups in total. The average Bonchev–Trinajstić information content (AvgIpc) is 2.15. The molecule has 0 radical (unpaired) electrons. The Morgan fingerprint density at radius 3 is 2.50 bits per heavy atom. The van der Waals surface area contributed by atoms with E-state index >= 15 is 0 Å². The average molecular weight is 334 g/mol. The second-order valence-electron chi connectivity index (χ2n) is 3.48. The summed E-state index contributed by atoms with van der Waals surface area (Å²) in [4.78, 5) is 21.5. The first-order valence-electron chi connectivity index (χ1n) is 4.60. The van der Waals surface area contributed by atoms with E-state index in [1.54, 1.807) is 18.2 Å². The summed E-state index contributed by atoms with van der Waals surface area (Å²) in [5.41, 5.74) is 1.17. The van der Waals surface area contributed by atoms with Gasteiger partial charge in [0.05, 0.1) is 0 Å². The Kier molecular flexibility index (Phi) is 4.43. The molecule has 16 heavy (non-hydrogen) atoms. The van der Waals surface area contributed by atoms with Crippen LogP contribution in [0.1, 0.15) is 24.2 Å². The van der Waals surface area contributed by atoms with Crippen LogP contribution in [0.4, 0.5) is 0 Å². The van der Waals surface area contributed by atoms with E-state index in [2.05, 4.69) is 0 Å². The van der Waals surface area contributed by atoms with Gasteiger partial charge in [0.15, 0.2) is 6.10 Å². The third kappa shape index (κ3) is 3.28. The van der Waals surface area contributed by atoms with Crippen LogP contribution in [0, 0.1) is 3.57 Å². The number of halogens is 1. The standard InChI is InChI=1S/C11H11IO4/c1-6(13)4-7-2-3-8(9(12)5-7)10(14)11(15)16/h2-3,5,10,14H,4H2,1H3,(H,15,16). The Balaban J connectivity index is 3.00. The van der Waals surface area contributed by atoms with Crippen molar-refractivity contribution < 1.29 is 19.8 Å². The first kappa shape index (κ1) is 13.1. The molecule has 0 fully saturated rings. The molecule has 4 nitrogen and oxygen atoms in total. The molecule has 0 bridgehead atoms. The summed E-state index contributed by atoms with van der Waals surface area (Å²) in [6.45, 7) is 1.49. The van der Waals surface area contributed by atoms with Gasteiger partial charge in [-0.1, -0.05) is 12.1 Å². The molecule has 0 aliphatic rings. The maximum absolute atomic E-state index is 10.9. The molecule has 0 amide bonds. The van der Waals surface area contributed by atoms with Crippen molar-refractivity contribution in [1.82, 2.24) is 0 Å². The molecule has 1 atom stereocenters. The minimum atomic E-state index is -1.52. The lowest BCUT2D eigenvalue weighted by atomic mass is 10.0. The summed E-state index contributed by atoms with van der Waals surface area (Å²) in [7, 11) is 0. The van der Waals surface area contributed by atoms with Crippen LogP contribution in [0.25, 0.3) is 0 Å². The summed E-state index contributed by atoms with van der Waals surface area (Å²) < 4.78 is 0.645. The van der Waals surface area contributed by atoms with Crippen LogP contribution in [-0.2, 0) is 16.0 Å². The molecular weight excluding hydrogens is 323 g/mol. The van der Waals surface area contributed by atoms with Crippen molar-refractivity contribution in [3.8, 4) is 0 Å². The van der Waals surface area contributed by atoms with Gasteiger partial charge >= 0.3 is 5.97 Å². The fourth-order valence-corrected chi connectivity index (χ4v) is 2.20. The van der Waals surface area contributed by atoms with Crippen LogP contribution in [0.3, 0.4) is 0 Å². The predicted octanol–water partition coefficient (Wildman–Crippen LogP) is 1.54. The van der Waals surface area contributed by atoms with Crippen molar-refractivity contribution in [1.29, 1.82) is 0 Å². The van der Waals surface area contributed by atoms with E-state index in [1.165, 1.54) is 6.92 Å². The monoisotopic (exact) mass is 334 g/mol. The number of Topliss-reactive ketones (excluding diaryl/α,β-unsaturated/α-hetero) is 1. The van der Waals surface area contributed by atoms with Gasteiger partial charge in [0.25, 0.3) is 0 Å². The van der Waals surface area contributed by atoms with E-state index in [9.17, 15) is 14.7 Å². The number of benzene rings is 1. The molecule has 0 spiro atoms. The maximum atomic E-state index is 10.9. The Morgan fingerprint density at radius 2 is 2.06 bits per heavy atom. The molecule has 0 saturated carbocycles. The number of carboxylic acids is 1. The highest BCUT2D eigenvalue weighted by atomic mass is 127. The lowest BCUT2D eigenvalue weighted by Crippen LogP contribution is -2.12. The second kappa shape index (κ2) is 5.40. The molecule has 1 rings (SSSR count). The van der Waals surface area contributed by atoms with E-state index in [4.69, 9.17) is 5.11 Å². The first-order chi connectivity index (χ1) is 7.41. The van der Waals surface area contributed by atoms with Gasteiger partial charge in [-0.15, -0.1) is 0 Å². The Bertz CT molecular complexity index is 428. The van der Waals surface area contributed by atoms with Crippen molar-refractivity contribution >= 4 is 34.3 Å². The van der Waals surface area contributed by atoms with Crippen molar-refractivity contribution in [2.45, 2.75) is 19.4 Å². The minimum absolute atomic E-state index is 0.0438. The first-order valence-corrected chi connectivity index (χ1v) is 5.68. The summed E-state index contributed by atoms with van der Waals surface area (Å²) in [5.74, 6) is -1.24. The van der Waals surface area contributed by atoms with Crippen molar-refractivity contribution in [2.24, 2.45) is 0 Å². The molecule has 0 aliphatic carbocycles. The van der Waals surface area contributed by atoms with Crippen LogP contribution < -0.4 is 0 Å². The number of carbonyl (C=O) groups is 2. The van der Waals surface area contributed by atoms with Crippen molar-refractivity contribution in [3.63, 3.8) is 0 Å². The summed E-state index contributed by atoms with van der Waals surface area (Å²) >= 11 is 1.95. The van der Waals surface area contributed by atoms with Crippen LogP contribution in [0.2, 0.25) is 0 Å². The molecule has 1 aromatic rings. The lowest BCUT2D eigenvalue weighted by molar-refractivity contribution is -0.147. The molecule has 1 aromatic carbocycles. The topological polar surface area (TPSA) is 74.6 Å². The van der Waals surface area contributed by atoms with Gasteiger partial charge in [0.2, 0.25) is 0 Å². The number of hydrogen-bond donors (Lipinski definition) is 2. The van der Waals surface area contributed by atoms with E-state index in [0.29, 0.717) is 15.6 Å². The number of aliphatic hydroxyl groups is 1. The van der Waals surface area contributed by atoms with Gasteiger partial charge in [-0.25, -0.2) is 4.79 Å². The third-order valence-electron chi connectivity index (χ3n) is 2.05. The summed E-state index contributed by atoms with van der Waals surface area (Å²) in [5, 5.41) is 18.0. The van der Waals surface area contributed by atoms with Crippen LogP contribution >= 0.6 is 22.6 Å². The van der Waals surface area contributed by atoms with Gasteiger partial charge in [-0.3, -0.25) is 4.79 Å². The Morgan fingerprint density at radius 1 is 1.44 bits per heavy atom. The second-order valence-corrected chi connectivity index (χ2v) is 4.64. The predicted molar refractivity (Wildman–Crippen MR) is 66.1 cm³/mol. The normalized spacial score (nSPS) is 12.2. The van der Waals surface area contributed by atoms with E-state index < -0.39 is 12.1 Å². The lowest BCUT2D eigenvalue weighted by Gasteiger charge is -2.09. The smallest absolute Gasteiger partial charge is 0.337 e. The molecule has 0 aliphatic heterocycles. The fourth-order valence-electron chi connectivity index (χ4n) is 1.32. The van der Waals surface area contributed by atoms with Crippen LogP contribution in [0.5, 0.6) is 0 Å². The van der Waals surface area contributed by atoms with Gasteiger partial charge in [0.1, 0.15) is 5.78 Å². The highest BCUT2D eigenvalue weighted by Crippen LogP contribution is 2.22. The zero-order valence-electron chi connectivity index (χ0n) is 8.61. The van der Waals surface area contributed by atoms with Gasteiger partial charge in [-0.05, 0) is 41.1 Å². The fraction of sp³-hybridized carbons (Fsp3) is 0.273. The van der Waals surface area contributed by atoms with Crippen LogP contribution in [-0.4, -0.2) is 22.0 Å². The number of aliphatic carboxylic acids is 1. The van der Waals surface area contributed by atoms with E-state index in [1.807, 2.05) is 22.6 Å². The summed E-state index contributed by atoms with van der Waals surface area (Å²) in [6.07, 6.45) is -1.20. The number of rotatable bonds is 4. The van der Waals surface area contributed by atoms with Gasteiger partial charge < -0.3 is 10.2 Å². The number of hydrogen-bond acceptors (Lipinski definition) is 3. The van der Waals surface area contributed by atoms with E-state index in [-0.39, 0.29) is 5.78 Å². The number of carbonyl (C=O) groups excluding carboxylic acids is 1. The van der Waals surface area contributed by atoms with Gasteiger partial charge in [-0.2, -0.15) is 0 Å². The maximum Gasteiger partial charge on any atom is 0.337 e. The minimum Gasteiger partial charge on any atom is -0.479 e. The molecule has 5 heteroatoms. The Hall–Kier alpha value is -0.950. The number of ketones is 1. The zero-order valence-corrected chi connectivity index (χ0v) is 10.8. The van der Waals surface area contributed by atoms with Gasteiger partial charge in [0, 0.05) is 15.6 Å². The molecule has 0 saturated heterocycles. The number of aliphatic hydroxyl groups excluding tert-OH is 1.